The van der Waals surface area contributed by atoms with E-state index in [1.807, 2.05) is 24.3 Å². The lowest BCUT2D eigenvalue weighted by Gasteiger charge is -2.13. The fraction of sp³-hybridized carbons (Fsp3) is 0.227. The minimum Gasteiger partial charge on any atom is -0.383 e. The monoisotopic (exact) mass is 422 g/mol. The number of fused-ring (bicyclic) bond motifs is 1. The Bertz CT molecular complexity index is 1210. The Labute approximate surface area is 177 Å². The largest absolute Gasteiger partial charge is 0.383 e. The number of anilines is 2. The van der Waals surface area contributed by atoms with Gasteiger partial charge in [-0.2, -0.15) is 4.98 Å². The molecule has 1 aliphatic rings. The zero-order valence-electron chi connectivity index (χ0n) is 16.1. The molecule has 0 aliphatic heterocycles. The molecule has 0 amide bonds. The van der Waals surface area contributed by atoms with Crippen LogP contribution in [0, 0.1) is 5.82 Å². The number of nitrogens with one attached hydrogen (secondary N) is 1. The summed E-state index contributed by atoms with van der Waals surface area (Å²) in [6, 6.07) is 13.8. The topological polar surface area (TPSA) is 81.7 Å². The minimum atomic E-state index is -0.325. The van der Waals surface area contributed by atoms with Crippen LogP contribution < -0.4 is 11.1 Å². The zero-order valence-corrected chi connectivity index (χ0v) is 16.9. The van der Waals surface area contributed by atoms with Gasteiger partial charge in [0.2, 0.25) is 5.95 Å². The van der Waals surface area contributed by atoms with E-state index < -0.39 is 0 Å². The number of hydrogen-bond donors (Lipinski definition) is 2. The van der Waals surface area contributed by atoms with Crippen LogP contribution in [0.4, 0.5) is 16.2 Å². The first kappa shape index (κ1) is 18.8. The fourth-order valence-corrected chi connectivity index (χ4v) is 4.18. The van der Waals surface area contributed by atoms with Crippen LogP contribution in [0.5, 0.6) is 0 Å². The molecule has 2 heterocycles. The summed E-state index contributed by atoms with van der Waals surface area (Å²) in [6.45, 7) is 0. The van der Waals surface area contributed by atoms with E-state index in [1.54, 1.807) is 16.8 Å². The van der Waals surface area contributed by atoms with Crippen LogP contribution >= 0.6 is 11.6 Å². The first-order chi connectivity index (χ1) is 14.6. The molecule has 0 saturated heterocycles. The number of rotatable bonds is 4. The van der Waals surface area contributed by atoms with E-state index >= 15 is 0 Å². The molecule has 152 valence electrons. The van der Waals surface area contributed by atoms with E-state index in [-0.39, 0.29) is 5.82 Å². The number of nitrogens with zero attached hydrogens (tertiary/aromatic N) is 4. The minimum absolute atomic E-state index is 0.325. The average Bonchev–Trinajstić information content (AvgIpc) is 3.37. The van der Waals surface area contributed by atoms with E-state index in [2.05, 4.69) is 15.4 Å². The second-order valence-corrected chi connectivity index (χ2v) is 7.88. The maximum absolute atomic E-state index is 13.4. The standard InChI is InChI=1S/C22H20ClFN6/c23-17-8-4-3-7-16(17)19-18-20(25)30(15-11-9-13(24)10-12-15)29-21(18)28-22(27-19)26-14-5-1-2-6-14/h3-4,7-12,14H,1-2,5-6,25H2,(H,26,28,29). The third kappa shape index (κ3) is 3.35. The smallest absolute Gasteiger partial charge is 0.225 e. The fourth-order valence-electron chi connectivity index (χ4n) is 3.96. The second kappa shape index (κ2) is 7.57. The van der Waals surface area contributed by atoms with Crippen LogP contribution in [-0.2, 0) is 0 Å². The third-order valence-corrected chi connectivity index (χ3v) is 5.79. The van der Waals surface area contributed by atoms with Gasteiger partial charge < -0.3 is 11.1 Å². The van der Waals surface area contributed by atoms with Gasteiger partial charge in [-0.05, 0) is 43.2 Å². The molecular weight excluding hydrogens is 403 g/mol. The maximum Gasteiger partial charge on any atom is 0.225 e. The van der Waals surface area contributed by atoms with Crippen LogP contribution in [0.15, 0.2) is 48.5 Å². The lowest BCUT2D eigenvalue weighted by atomic mass is 10.1. The van der Waals surface area contributed by atoms with Gasteiger partial charge in [0.05, 0.1) is 16.8 Å². The molecule has 0 radical (unpaired) electrons. The normalized spacial score (nSPS) is 14.5. The predicted octanol–water partition coefficient (Wildman–Crippen LogP) is 5.21. The quantitative estimate of drug-likeness (QED) is 0.471. The van der Waals surface area contributed by atoms with Crippen molar-refractivity contribution < 1.29 is 4.39 Å². The molecule has 2 aromatic heterocycles. The first-order valence-corrected chi connectivity index (χ1v) is 10.3. The van der Waals surface area contributed by atoms with Crippen LogP contribution in [0.2, 0.25) is 5.02 Å². The number of halogens is 2. The Balaban J connectivity index is 1.71. The Kier molecular flexibility index (Phi) is 4.75. The van der Waals surface area contributed by atoms with Gasteiger partial charge in [-0.15, -0.1) is 5.10 Å². The molecule has 0 unspecified atom stereocenters. The van der Waals surface area contributed by atoms with Crippen molar-refractivity contribution in [2.24, 2.45) is 0 Å². The molecule has 8 heteroatoms. The molecule has 3 N–H and O–H groups in total. The summed E-state index contributed by atoms with van der Waals surface area (Å²) in [4.78, 5) is 9.41. The van der Waals surface area contributed by atoms with E-state index in [0.717, 1.165) is 18.4 Å². The number of aromatic nitrogens is 4. The van der Waals surface area contributed by atoms with Crippen molar-refractivity contribution in [3.05, 3.63) is 59.4 Å². The van der Waals surface area contributed by atoms with Gasteiger partial charge in [0.1, 0.15) is 11.6 Å². The molecule has 1 aliphatic carbocycles. The average molecular weight is 423 g/mol. The summed E-state index contributed by atoms with van der Waals surface area (Å²) < 4.78 is 14.9. The van der Waals surface area contributed by atoms with Gasteiger partial charge >= 0.3 is 0 Å². The summed E-state index contributed by atoms with van der Waals surface area (Å²) in [5, 5.41) is 9.21. The summed E-state index contributed by atoms with van der Waals surface area (Å²) in [5.41, 5.74) is 8.95. The number of benzene rings is 2. The molecule has 0 spiro atoms. The Morgan fingerprint density at radius 2 is 1.77 bits per heavy atom. The molecule has 0 bridgehead atoms. The lowest BCUT2D eigenvalue weighted by Crippen LogP contribution is -2.17. The first-order valence-electron chi connectivity index (χ1n) is 9.94. The predicted molar refractivity (Wildman–Crippen MR) is 117 cm³/mol. The highest BCUT2D eigenvalue weighted by molar-refractivity contribution is 6.33. The Morgan fingerprint density at radius 3 is 2.50 bits per heavy atom. The van der Waals surface area contributed by atoms with Crippen molar-refractivity contribution in [2.75, 3.05) is 11.1 Å². The lowest BCUT2D eigenvalue weighted by molar-refractivity contribution is 0.627. The van der Waals surface area contributed by atoms with Crippen molar-refractivity contribution in [3.63, 3.8) is 0 Å². The molecule has 5 rings (SSSR count). The molecular formula is C22H20ClFN6. The summed E-state index contributed by atoms with van der Waals surface area (Å²) in [6.07, 6.45) is 4.58. The highest BCUT2D eigenvalue weighted by Gasteiger charge is 2.22. The summed E-state index contributed by atoms with van der Waals surface area (Å²) in [7, 11) is 0. The van der Waals surface area contributed by atoms with Crippen molar-refractivity contribution in [1.82, 2.24) is 19.7 Å². The molecule has 30 heavy (non-hydrogen) atoms. The highest BCUT2D eigenvalue weighted by Crippen LogP contribution is 2.36. The summed E-state index contributed by atoms with van der Waals surface area (Å²) in [5.74, 6) is 0.556. The molecule has 1 fully saturated rings. The van der Waals surface area contributed by atoms with E-state index in [4.69, 9.17) is 22.3 Å². The molecule has 1 saturated carbocycles. The Hall–Kier alpha value is -3.19. The van der Waals surface area contributed by atoms with Crippen molar-refractivity contribution in [2.45, 2.75) is 31.7 Å². The molecule has 6 nitrogen and oxygen atoms in total. The van der Waals surface area contributed by atoms with Crippen LogP contribution in [0.25, 0.3) is 28.0 Å². The second-order valence-electron chi connectivity index (χ2n) is 7.47. The van der Waals surface area contributed by atoms with Crippen molar-refractivity contribution in [1.29, 1.82) is 0 Å². The van der Waals surface area contributed by atoms with Gasteiger partial charge in [0.25, 0.3) is 0 Å². The number of hydrogen-bond acceptors (Lipinski definition) is 5. The zero-order chi connectivity index (χ0) is 20.7. The van der Waals surface area contributed by atoms with Crippen molar-refractivity contribution in [3.8, 4) is 16.9 Å². The van der Waals surface area contributed by atoms with E-state index in [1.165, 1.54) is 25.0 Å². The van der Waals surface area contributed by atoms with Crippen molar-refractivity contribution >= 4 is 34.4 Å². The highest BCUT2D eigenvalue weighted by atomic mass is 35.5. The van der Waals surface area contributed by atoms with E-state index in [0.29, 0.717) is 45.2 Å². The Morgan fingerprint density at radius 1 is 1.03 bits per heavy atom. The molecule has 2 aromatic carbocycles. The molecule has 0 atom stereocenters. The van der Waals surface area contributed by atoms with Gasteiger partial charge in [0.15, 0.2) is 5.65 Å². The van der Waals surface area contributed by atoms with Crippen LogP contribution in [0.3, 0.4) is 0 Å². The third-order valence-electron chi connectivity index (χ3n) is 5.46. The van der Waals surface area contributed by atoms with E-state index in [9.17, 15) is 4.39 Å². The van der Waals surface area contributed by atoms with Gasteiger partial charge in [0, 0.05) is 16.6 Å². The van der Waals surface area contributed by atoms with Gasteiger partial charge in [-0.3, -0.25) is 0 Å². The number of nitrogen functional groups attached to an aromatic ring is 1. The van der Waals surface area contributed by atoms with Crippen LogP contribution in [-0.4, -0.2) is 25.8 Å². The maximum atomic E-state index is 13.4. The van der Waals surface area contributed by atoms with Crippen LogP contribution in [0.1, 0.15) is 25.7 Å². The van der Waals surface area contributed by atoms with Gasteiger partial charge in [-0.1, -0.05) is 42.6 Å². The molecule has 4 aromatic rings. The SMILES string of the molecule is Nc1c2c(-c3ccccc3Cl)nc(NC3CCCC3)nc2nn1-c1ccc(F)cc1. The number of nitrogens with two attached hydrogens (primary N) is 1. The van der Waals surface area contributed by atoms with Gasteiger partial charge in [-0.25, -0.2) is 14.1 Å². The summed E-state index contributed by atoms with van der Waals surface area (Å²) >= 11 is 6.48.